The predicted octanol–water partition coefficient (Wildman–Crippen LogP) is 3.36. The largest absolute Gasteiger partial charge is 0.373 e. The molecule has 1 fully saturated rings. The van der Waals surface area contributed by atoms with E-state index in [1.807, 2.05) is 63.2 Å². The van der Waals surface area contributed by atoms with Gasteiger partial charge < -0.3 is 5.32 Å². The highest BCUT2D eigenvalue weighted by Gasteiger charge is 2.39. The predicted molar refractivity (Wildman–Crippen MR) is 91.6 cm³/mol. The van der Waals surface area contributed by atoms with Gasteiger partial charge in [0.25, 0.3) is 5.91 Å². The summed E-state index contributed by atoms with van der Waals surface area (Å²) in [7, 11) is 0. The maximum Gasteiger partial charge on any atom is 0.256 e. The minimum absolute atomic E-state index is 0.165. The minimum atomic E-state index is -0.510. The number of carbonyl (C=O) groups excluding carboxylic acids is 2. The molecule has 1 saturated heterocycles. The fraction of sp³-hybridized carbons (Fsp3) is 0.263. The first-order valence-corrected chi connectivity index (χ1v) is 7.73. The maximum atomic E-state index is 12.6. The molecule has 4 heteroatoms. The summed E-state index contributed by atoms with van der Waals surface area (Å²) >= 11 is 0. The van der Waals surface area contributed by atoms with Gasteiger partial charge in [0.1, 0.15) is 6.04 Å². The van der Waals surface area contributed by atoms with Crippen LogP contribution in [0.2, 0.25) is 0 Å². The molecule has 1 aliphatic rings. The zero-order valence-electron chi connectivity index (χ0n) is 13.6. The van der Waals surface area contributed by atoms with Crippen molar-refractivity contribution in [2.24, 2.45) is 0 Å². The second-order valence-electron chi connectivity index (χ2n) is 6.05. The Morgan fingerprint density at radius 3 is 2.39 bits per heavy atom. The number of aryl methyl sites for hydroxylation is 2. The molecular formula is C19H20N2O2. The Balaban J connectivity index is 1.84. The summed E-state index contributed by atoms with van der Waals surface area (Å²) in [5.74, 6) is -0.360. The first kappa shape index (κ1) is 15.3. The quantitative estimate of drug-likeness (QED) is 0.885. The van der Waals surface area contributed by atoms with Gasteiger partial charge in [-0.1, -0.05) is 29.8 Å². The highest BCUT2D eigenvalue weighted by molar-refractivity contribution is 6.23. The second-order valence-corrected chi connectivity index (χ2v) is 6.05. The van der Waals surface area contributed by atoms with Gasteiger partial charge in [0.15, 0.2) is 0 Å². The van der Waals surface area contributed by atoms with E-state index in [1.54, 1.807) is 0 Å². The highest BCUT2D eigenvalue weighted by Crippen LogP contribution is 2.27. The summed E-state index contributed by atoms with van der Waals surface area (Å²) in [6.07, 6.45) is 0.181. The highest BCUT2D eigenvalue weighted by atomic mass is 16.2. The second kappa shape index (κ2) is 5.88. The van der Waals surface area contributed by atoms with E-state index in [0.29, 0.717) is 5.69 Å². The first-order chi connectivity index (χ1) is 11.0. The summed E-state index contributed by atoms with van der Waals surface area (Å²) < 4.78 is 0. The molecule has 4 nitrogen and oxygen atoms in total. The van der Waals surface area contributed by atoms with E-state index in [2.05, 4.69) is 5.32 Å². The number of nitrogens with one attached hydrogen (secondary N) is 1. The summed E-state index contributed by atoms with van der Waals surface area (Å²) in [4.78, 5) is 26.2. The Hall–Kier alpha value is -2.62. The molecule has 0 spiro atoms. The van der Waals surface area contributed by atoms with Crippen LogP contribution < -0.4 is 10.2 Å². The van der Waals surface area contributed by atoms with Crippen LogP contribution >= 0.6 is 0 Å². The minimum Gasteiger partial charge on any atom is -0.373 e. The van der Waals surface area contributed by atoms with E-state index in [1.165, 1.54) is 4.90 Å². The molecule has 0 radical (unpaired) electrons. The molecule has 1 heterocycles. The van der Waals surface area contributed by atoms with Crippen molar-refractivity contribution >= 4 is 23.2 Å². The van der Waals surface area contributed by atoms with Gasteiger partial charge >= 0.3 is 0 Å². The molecule has 2 aromatic rings. The monoisotopic (exact) mass is 308 g/mol. The Morgan fingerprint density at radius 2 is 1.70 bits per heavy atom. The van der Waals surface area contributed by atoms with Crippen LogP contribution in [-0.2, 0) is 9.59 Å². The van der Waals surface area contributed by atoms with Gasteiger partial charge in [-0.2, -0.15) is 0 Å². The lowest BCUT2D eigenvalue weighted by Crippen LogP contribution is -2.34. The Bertz CT molecular complexity index is 765. The lowest BCUT2D eigenvalue weighted by molar-refractivity contribution is -0.121. The normalized spacial score (nSPS) is 17.7. The Kier molecular flexibility index (Phi) is 3.90. The molecule has 1 atom stereocenters. The van der Waals surface area contributed by atoms with Crippen molar-refractivity contribution < 1.29 is 9.59 Å². The van der Waals surface area contributed by atoms with E-state index >= 15 is 0 Å². The van der Waals surface area contributed by atoms with Crippen LogP contribution in [0.15, 0.2) is 42.5 Å². The first-order valence-electron chi connectivity index (χ1n) is 7.73. The van der Waals surface area contributed by atoms with Crippen molar-refractivity contribution in [3.63, 3.8) is 0 Å². The standard InChI is InChI=1S/C19H20N2O2/c1-12-7-9-15(10-8-12)21-18(22)11-17(19(21)23)20-16-6-4-5-13(2)14(16)3/h4-10,17,20H,11H2,1-3H3. The zero-order valence-corrected chi connectivity index (χ0v) is 13.6. The number of benzene rings is 2. The molecule has 0 aromatic heterocycles. The molecule has 2 amide bonds. The molecule has 1 N–H and O–H groups in total. The van der Waals surface area contributed by atoms with Gasteiger partial charge in [-0.25, -0.2) is 4.90 Å². The summed E-state index contributed by atoms with van der Waals surface area (Å²) in [5.41, 5.74) is 4.89. The SMILES string of the molecule is Cc1ccc(N2C(=O)CC(Nc3cccc(C)c3C)C2=O)cc1. The van der Waals surface area contributed by atoms with Crippen molar-refractivity contribution in [3.05, 3.63) is 59.2 Å². The topological polar surface area (TPSA) is 49.4 Å². The molecular weight excluding hydrogens is 288 g/mol. The lowest BCUT2D eigenvalue weighted by atomic mass is 10.1. The van der Waals surface area contributed by atoms with E-state index in [9.17, 15) is 9.59 Å². The molecule has 2 aromatic carbocycles. The summed E-state index contributed by atoms with van der Waals surface area (Å²) in [6, 6.07) is 12.8. The molecule has 0 aliphatic carbocycles. The van der Waals surface area contributed by atoms with Crippen LogP contribution in [0.5, 0.6) is 0 Å². The number of rotatable bonds is 3. The third-order valence-electron chi connectivity index (χ3n) is 4.37. The van der Waals surface area contributed by atoms with E-state index < -0.39 is 6.04 Å². The average molecular weight is 308 g/mol. The molecule has 0 saturated carbocycles. The van der Waals surface area contributed by atoms with Crippen LogP contribution in [0, 0.1) is 20.8 Å². The van der Waals surface area contributed by atoms with Gasteiger partial charge in [-0.05, 0) is 50.1 Å². The van der Waals surface area contributed by atoms with Crippen LogP contribution in [0.25, 0.3) is 0 Å². The van der Waals surface area contributed by atoms with Gasteiger partial charge in [0.2, 0.25) is 5.91 Å². The smallest absolute Gasteiger partial charge is 0.256 e. The van der Waals surface area contributed by atoms with Crippen molar-refractivity contribution in [1.29, 1.82) is 0 Å². The number of hydrogen-bond donors (Lipinski definition) is 1. The number of anilines is 2. The van der Waals surface area contributed by atoms with Crippen LogP contribution in [-0.4, -0.2) is 17.9 Å². The number of imide groups is 1. The number of amides is 2. The van der Waals surface area contributed by atoms with Crippen LogP contribution in [0.3, 0.4) is 0 Å². The van der Waals surface area contributed by atoms with E-state index in [4.69, 9.17) is 0 Å². The van der Waals surface area contributed by atoms with Crippen molar-refractivity contribution in [3.8, 4) is 0 Å². The molecule has 1 aliphatic heterocycles. The van der Waals surface area contributed by atoms with Crippen LogP contribution in [0.4, 0.5) is 11.4 Å². The number of carbonyl (C=O) groups is 2. The fourth-order valence-corrected chi connectivity index (χ4v) is 2.80. The maximum absolute atomic E-state index is 12.6. The molecule has 1 unspecified atom stereocenters. The zero-order chi connectivity index (χ0) is 16.6. The molecule has 3 rings (SSSR count). The number of nitrogens with zero attached hydrogens (tertiary/aromatic N) is 1. The third-order valence-corrected chi connectivity index (χ3v) is 4.37. The third kappa shape index (κ3) is 2.84. The van der Waals surface area contributed by atoms with Crippen molar-refractivity contribution in [1.82, 2.24) is 0 Å². The Labute approximate surface area is 136 Å². The molecule has 0 bridgehead atoms. The lowest BCUT2D eigenvalue weighted by Gasteiger charge is -2.17. The Morgan fingerprint density at radius 1 is 1.00 bits per heavy atom. The van der Waals surface area contributed by atoms with Gasteiger partial charge in [0, 0.05) is 5.69 Å². The average Bonchev–Trinajstić information content (AvgIpc) is 2.79. The van der Waals surface area contributed by atoms with Gasteiger partial charge in [-0.15, -0.1) is 0 Å². The molecule has 118 valence electrons. The summed E-state index contributed by atoms with van der Waals surface area (Å²) in [6.45, 7) is 6.01. The number of hydrogen-bond acceptors (Lipinski definition) is 3. The van der Waals surface area contributed by atoms with Gasteiger partial charge in [-0.3, -0.25) is 9.59 Å². The molecule has 23 heavy (non-hydrogen) atoms. The van der Waals surface area contributed by atoms with Crippen molar-refractivity contribution in [2.75, 3.05) is 10.2 Å². The van der Waals surface area contributed by atoms with Crippen molar-refractivity contribution in [2.45, 2.75) is 33.2 Å². The summed E-state index contributed by atoms with van der Waals surface area (Å²) in [5, 5.41) is 3.23. The fourth-order valence-electron chi connectivity index (χ4n) is 2.80. The van der Waals surface area contributed by atoms with Gasteiger partial charge in [0.05, 0.1) is 12.1 Å². The van der Waals surface area contributed by atoms with Crippen LogP contribution in [0.1, 0.15) is 23.1 Å². The van der Waals surface area contributed by atoms with E-state index in [-0.39, 0.29) is 18.2 Å². The van der Waals surface area contributed by atoms with E-state index in [0.717, 1.165) is 22.4 Å².